The zero-order valence-electron chi connectivity index (χ0n) is 12.8. The van der Waals surface area contributed by atoms with E-state index in [1.165, 1.54) is 0 Å². The monoisotopic (exact) mass is 325 g/mol. The van der Waals surface area contributed by atoms with Crippen LogP contribution in [-0.4, -0.2) is 34.9 Å². The minimum Gasteiger partial charge on any atom is -0.438 e. The maximum absolute atomic E-state index is 5.83. The van der Waals surface area contributed by atoms with Gasteiger partial charge in [0.15, 0.2) is 6.10 Å². The predicted molar refractivity (Wildman–Crippen MR) is 83.6 cm³/mol. The summed E-state index contributed by atoms with van der Waals surface area (Å²) in [6, 6.07) is 13.0. The summed E-state index contributed by atoms with van der Waals surface area (Å²) in [7, 11) is 0. The van der Waals surface area contributed by atoms with Gasteiger partial charge < -0.3 is 18.7 Å². The van der Waals surface area contributed by atoms with Gasteiger partial charge >= 0.3 is 0 Å². The summed E-state index contributed by atoms with van der Waals surface area (Å²) in [5.41, 5.74) is 0.646. The van der Waals surface area contributed by atoms with Crippen LogP contribution in [0.25, 0.3) is 11.4 Å². The number of ether oxygens (including phenoxy) is 3. The van der Waals surface area contributed by atoms with Gasteiger partial charge in [0.1, 0.15) is 5.75 Å². The molecule has 1 fully saturated rings. The van der Waals surface area contributed by atoms with E-state index in [4.69, 9.17) is 18.7 Å². The molecule has 3 heterocycles. The van der Waals surface area contributed by atoms with E-state index >= 15 is 0 Å². The van der Waals surface area contributed by atoms with E-state index in [2.05, 4.69) is 15.1 Å². The highest BCUT2D eigenvalue weighted by molar-refractivity contribution is 5.61. The molecular formula is C17H15N3O4. The van der Waals surface area contributed by atoms with Crippen molar-refractivity contribution in [1.29, 1.82) is 0 Å². The van der Waals surface area contributed by atoms with Crippen molar-refractivity contribution in [2.45, 2.75) is 6.10 Å². The third kappa shape index (κ3) is 3.12. The van der Waals surface area contributed by atoms with Crippen LogP contribution in [0.2, 0.25) is 0 Å². The fourth-order valence-electron chi connectivity index (χ4n) is 2.35. The fraction of sp³-hybridized carbons (Fsp3) is 0.235. The molecule has 1 aromatic carbocycles. The van der Waals surface area contributed by atoms with Crippen molar-refractivity contribution in [3.8, 4) is 23.0 Å². The van der Waals surface area contributed by atoms with Crippen molar-refractivity contribution >= 4 is 0 Å². The third-order valence-corrected chi connectivity index (χ3v) is 3.50. The molecule has 0 radical (unpaired) electrons. The van der Waals surface area contributed by atoms with Gasteiger partial charge in [0, 0.05) is 6.20 Å². The van der Waals surface area contributed by atoms with Crippen molar-refractivity contribution in [3.05, 3.63) is 54.6 Å². The molecule has 122 valence electrons. The first kappa shape index (κ1) is 14.8. The molecule has 4 rings (SSSR count). The number of pyridine rings is 1. The van der Waals surface area contributed by atoms with E-state index in [-0.39, 0.29) is 6.10 Å². The number of hydrogen-bond donors (Lipinski definition) is 0. The average Bonchev–Trinajstić information content (AvgIpc) is 3.14. The molecular weight excluding hydrogens is 310 g/mol. The Labute approximate surface area is 138 Å². The van der Waals surface area contributed by atoms with Crippen LogP contribution in [0, 0.1) is 0 Å². The molecule has 2 aromatic heterocycles. The van der Waals surface area contributed by atoms with Gasteiger partial charge in [0.2, 0.25) is 11.7 Å². The molecule has 7 heteroatoms. The second-order valence-corrected chi connectivity index (χ2v) is 5.16. The molecule has 1 aliphatic heterocycles. The SMILES string of the molecule is c1ccc(Oc2ncccc2-c2noc([C@@H]3COCCO3)n2)cc1. The lowest BCUT2D eigenvalue weighted by Gasteiger charge is -2.19. The van der Waals surface area contributed by atoms with Crippen LogP contribution in [-0.2, 0) is 9.47 Å². The van der Waals surface area contributed by atoms with Gasteiger partial charge in [-0.05, 0) is 24.3 Å². The van der Waals surface area contributed by atoms with Crippen LogP contribution in [0.4, 0.5) is 0 Å². The Morgan fingerprint density at radius 3 is 2.79 bits per heavy atom. The molecule has 0 N–H and O–H groups in total. The van der Waals surface area contributed by atoms with E-state index in [0.717, 1.165) is 0 Å². The lowest BCUT2D eigenvalue weighted by Crippen LogP contribution is -2.22. The molecule has 3 aromatic rings. The summed E-state index contributed by atoms with van der Waals surface area (Å²) in [5.74, 6) is 1.89. The van der Waals surface area contributed by atoms with E-state index in [1.54, 1.807) is 12.3 Å². The van der Waals surface area contributed by atoms with Crippen LogP contribution < -0.4 is 4.74 Å². The van der Waals surface area contributed by atoms with E-state index in [1.807, 2.05) is 36.4 Å². The number of hydrogen-bond acceptors (Lipinski definition) is 7. The highest BCUT2D eigenvalue weighted by atomic mass is 16.6. The van der Waals surface area contributed by atoms with E-state index in [9.17, 15) is 0 Å². The van der Waals surface area contributed by atoms with Crippen LogP contribution >= 0.6 is 0 Å². The largest absolute Gasteiger partial charge is 0.438 e. The van der Waals surface area contributed by atoms with Gasteiger partial charge in [-0.25, -0.2) is 4.98 Å². The quantitative estimate of drug-likeness (QED) is 0.729. The van der Waals surface area contributed by atoms with E-state index < -0.39 is 0 Å². The lowest BCUT2D eigenvalue weighted by atomic mass is 10.2. The molecule has 7 nitrogen and oxygen atoms in total. The first-order valence-corrected chi connectivity index (χ1v) is 7.61. The van der Waals surface area contributed by atoms with Gasteiger partial charge in [-0.1, -0.05) is 23.4 Å². The zero-order chi connectivity index (χ0) is 16.2. The Kier molecular flexibility index (Phi) is 4.18. The molecule has 0 bridgehead atoms. The highest BCUT2D eigenvalue weighted by Gasteiger charge is 2.24. The number of nitrogens with zero attached hydrogens (tertiary/aromatic N) is 3. The number of aromatic nitrogens is 3. The summed E-state index contributed by atoms with van der Waals surface area (Å²) >= 11 is 0. The Hall–Kier alpha value is -2.77. The van der Waals surface area contributed by atoms with Crippen LogP contribution in [0.3, 0.4) is 0 Å². The first-order chi connectivity index (χ1) is 11.9. The van der Waals surface area contributed by atoms with Crippen LogP contribution in [0.5, 0.6) is 11.6 Å². The molecule has 1 aliphatic rings. The summed E-state index contributed by atoms with van der Waals surface area (Å²) in [5, 5.41) is 4.02. The second-order valence-electron chi connectivity index (χ2n) is 5.16. The number of para-hydroxylation sites is 1. The molecule has 24 heavy (non-hydrogen) atoms. The normalized spacial score (nSPS) is 17.6. The minimum atomic E-state index is -0.338. The number of benzene rings is 1. The Balaban J connectivity index is 1.61. The maximum atomic E-state index is 5.83. The molecule has 0 saturated carbocycles. The zero-order valence-corrected chi connectivity index (χ0v) is 12.8. The van der Waals surface area contributed by atoms with Gasteiger partial charge in [-0.3, -0.25) is 0 Å². The van der Waals surface area contributed by atoms with Crippen molar-refractivity contribution < 1.29 is 18.7 Å². The third-order valence-electron chi connectivity index (χ3n) is 3.50. The molecule has 0 spiro atoms. The van der Waals surface area contributed by atoms with Gasteiger partial charge in [-0.2, -0.15) is 4.98 Å². The second kappa shape index (κ2) is 6.77. The fourth-order valence-corrected chi connectivity index (χ4v) is 2.35. The van der Waals surface area contributed by atoms with Crippen molar-refractivity contribution in [3.63, 3.8) is 0 Å². The van der Waals surface area contributed by atoms with Gasteiger partial charge in [0.25, 0.3) is 5.89 Å². The molecule has 1 atom stereocenters. The maximum Gasteiger partial charge on any atom is 0.258 e. The Morgan fingerprint density at radius 1 is 1.04 bits per heavy atom. The van der Waals surface area contributed by atoms with Crippen LogP contribution in [0.15, 0.2) is 53.2 Å². The van der Waals surface area contributed by atoms with Gasteiger partial charge in [-0.15, -0.1) is 0 Å². The van der Waals surface area contributed by atoms with E-state index in [0.29, 0.717) is 48.7 Å². The Morgan fingerprint density at radius 2 is 1.96 bits per heavy atom. The van der Waals surface area contributed by atoms with Gasteiger partial charge in [0.05, 0.1) is 25.4 Å². The lowest BCUT2D eigenvalue weighted by molar-refractivity contribution is -0.101. The smallest absolute Gasteiger partial charge is 0.258 e. The molecule has 0 unspecified atom stereocenters. The molecule has 0 amide bonds. The summed E-state index contributed by atoms with van der Waals surface area (Å²) < 4.78 is 22.1. The molecule has 1 saturated heterocycles. The minimum absolute atomic E-state index is 0.338. The average molecular weight is 325 g/mol. The number of rotatable bonds is 4. The topological polar surface area (TPSA) is 79.5 Å². The van der Waals surface area contributed by atoms with Crippen molar-refractivity contribution in [2.24, 2.45) is 0 Å². The van der Waals surface area contributed by atoms with Crippen LogP contribution in [0.1, 0.15) is 12.0 Å². The first-order valence-electron chi connectivity index (χ1n) is 7.61. The van der Waals surface area contributed by atoms with Crippen molar-refractivity contribution in [2.75, 3.05) is 19.8 Å². The Bertz CT molecular complexity index is 800. The van der Waals surface area contributed by atoms with Crippen molar-refractivity contribution in [1.82, 2.24) is 15.1 Å². The predicted octanol–water partition coefficient (Wildman–Crippen LogP) is 3.01. The summed E-state index contributed by atoms with van der Waals surface area (Å²) in [4.78, 5) is 8.68. The standard InChI is InChI=1S/C17H15N3O4/c1-2-5-12(6-3-1)23-16-13(7-4-8-18-16)15-19-17(24-20-15)14-11-21-9-10-22-14/h1-8,14H,9-11H2/t14-/m0/s1. The summed E-state index contributed by atoms with van der Waals surface area (Å²) in [6.45, 7) is 1.49. The molecule has 0 aliphatic carbocycles. The highest BCUT2D eigenvalue weighted by Crippen LogP contribution is 2.30. The summed E-state index contributed by atoms with van der Waals surface area (Å²) in [6.07, 6.45) is 1.32.